The first kappa shape index (κ1) is 18.5. The Labute approximate surface area is 146 Å². The fourth-order valence-electron chi connectivity index (χ4n) is 2.23. The zero-order valence-electron chi connectivity index (χ0n) is 14.6. The monoisotopic (exact) mass is 345 g/mol. The number of nitrogens with one attached hydrogen (secondary N) is 2. The molecular weight excluding hydrogens is 322 g/mol. The van der Waals surface area contributed by atoms with E-state index in [1.165, 1.54) is 6.26 Å². The van der Waals surface area contributed by atoms with Crippen LogP contribution in [0.5, 0.6) is 0 Å². The summed E-state index contributed by atoms with van der Waals surface area (Å²) in [5.74, 6) is -0.993. The van der Waals surface area contributed by atoms with Gasteiger partial charge in [0.1, 0.15) is 5.76 Å². The molecule has 7 nitrogen and oxygen atoms in total. The first-order valence-corrected chi connectivity index (χ1v) is 7.88. The van der Waals surface area contributed by atoms with E-state index in [2.05, 4.69) is 10.6 Å². The quantitative estimate of drug-likeness (QED) is 0.688. The largest absolute Gasteiger partial charge is 0.469 e. The van der Waals surface area contributed by atoms with Gasteiger partial charge in [0.05, 0.1) is 11.9 Å². The predicted molar refractivity (Wildman–Crippen MR) is 95.4 cm³/mol. The number of amides is 2. The van der Waals surface area contributed by atoms with Crippen LogP contribution in [-0.2, 0) is 16.0 Å². The van der Waals surface area contributed by atoms with Gasteiger partial charge in [0, 0.05) is 38.4 Å². The third kappa shape index (κ3) is 5.65. The number of anilines is 2. The number of aliphatic hydroxyl groups is 1. The van der Waals surface area contributed by atoms with Crippen LogP contribution in [-0.4, -0.2) is 43.2 Å². The van der Waals surface area contributed by atoms with Crippen molar-refractivity contribution in [1.29, 1.82) is 0 Å². The maximum atomic E-state index is 11.9. The lowest BCUT2D eigenvalue weighted by molar-refractivity contribution is -0.136. The minimum atomic E-state index is -1.22. The normalized spacial score (nSPS) is 13.0. The Kier molecular flexibility index (Phi) is 5.82. The van der Waals surface area contributed by atoms with Crippen LogP contribution in [0.3, 0.4) is 0 Å². The van der Waals surface area contributed by atoms with E-state index in [1.807, 2.05) is 31.1 Å². The molecule has 0 saturated heterocycles. The number of rotatable bonds is 6. The molecule has 0 saturated carbocycles. The molecule has 0 spiro atoms. The van der Waals surface area contributed by atoms with Crippen molar-refractivity contribution >= 4 is 23.2 Å². The van der Waals surface area contributed by atoms with Crippen LogP contribution < -0.4 is 15.5 Å². The number of hydrogen-bond acceptors (Lipinski definition) is 5. The summed E-state index contributed by atoms with van der Waals surface area (Å²) < 4.78 is 5.17. The molecule has 1 atom stereocenters. The van der Waals surface area contributed by atoms with Gasteiger partial charge < -0.3 is 25.1 Å². The molecule has 25 heavy (non-hydrogen) atoms. The van der Waals surface area contributed by atoms with Gasteiger partial charge >= 0.3 is 11.8 Å². The molecule has 1 unspecified atom stereocenters. The van der Waals surface area contributed by atoms with E-state index in [0.29, 0.717) is 11.4 Å². The van der Waals surface area contributed by atoms with Crippen LogP contribution in [0.1, 0.15) is 12.7 Å². The highest BCUT2D eigenvalue weighted by molar-refractivity contribution is 6.39. The summed E-state index contributed by atoms with van der Waals surface area (Å²) in [4.78, 5) is 25.8. The summed E-state index contributed by atoms with van der Waals surface area (Å²) >= 11 is 0. The number of carbonyl (C=O) groups is 2. The van der Waals surface area contributed by atoms with E-state index >= 15 is 0 Å². The number of furan rings is 1. The van der Waals surface area contributed by atoms with Crippen molar-refractivity contribution in [2.45, 2.75) is 18.9 Å². The van der Waals surface area contributed by atoms with E-state index in [-0.39, 0.29) is 13.0 Å². The molecule has 0 aliphatic carbocycles. The maximum absolute atomic E-state index is 11.9. The summed E-state index contributed by atoms with van der Waals surface area (Å²) in [5, 5.41) is 15.2. The van der Waals surface area contributed by atoms with E-state index < -0.39 is 17.4 Å². The lowest BCUT2D eigenvalue weighted by Gasteiger charge is -2.22. The Morgan fingerprint density at radius 2 is 1.84 bits per heavy atom. The van der Waals surface area contributed by atoms with Crippen LogP contribution >= 0.6 is 0 Å². The average molecular weight is 345 g/mol. The summed E-state index contributed by atoms with van der Waals surface area (Å²) in [6, 6.07) is 10.6. The first-order valence-electron chi connectivity index (χ1n) is 7.88. The van der Waals surface area contributed by atoms with E-state index in [0.717, 1.165) is 5.69 Å². The highest BCUT2D eigenvalue weighted by Gasteiger charge is 2.25. The van der Waals surface area contributed by atoms with Crippen molar-refractivity contribution in [2.24, 2.45) is 0 Å². The van der Waals surface area contributed by atoms with Gasteiger partial charge in [-0.2, -0.15) is 0 Å². The van der Waals surface area contributed by atoms with Crippen molar-refractivity contribution in [3.05, 3.63) is 48.4 Å². The third-order valence-corrected chi connectivity index (χ3v) is 3.61. The van der Waals surface area contributed by atoms with Crippen molar-refractivity contribution in [3.8, 4) is 0 Å². The van der Waals surface area contributed by atoms with E-state index in [4.69, 9.17) is 4.42 Å². The number of nitrogens with zero attached hydrogens (tertiary/aromatic N) is 1. The summed E-state index contributed by atoms with van der Waals surface area (Å²) in [6.07, 6.45) is 1.74. The van der Waals surface area contributed by atoms with Gasteiger partial charge in [-0.15, -0.1) is 0 Å². The first-order chi connectivity index (χ1) is 11.8. The molecule has 0 aliphatic heterocycles. The fourth-order valence-corrected chi connectivity index (χ4v) is 2.23. The Morgan fingerprint density at radius 1 is 1.16 bits per heavy atom. The molecular formula is C18H23N3O4. The van der Waals surface area contributed by atoms with Crippen LogP contribution in [0, 0.1) is 0 Å². The minimum absolute atomic E-state index is 0.0699. The SMILES string of the molecule is CN(C)c1ccc(NC(=O)C(=O)NCC(C)(O)Cc2ccco2)cc1. The van der Waals surface area contributed by atoms with Crippen LogP contribution in [0.15, 0.2) is 47.1 Å². The maximum Gasteiger partial charge on any atom is 0.313 e. The molecule has 2 amide bonds. The van der Waals surface area contributed by atoms with Crippen molar-refractivity contribution in [1.82, 2.24) is 5.32 Å². The van der Waals surface area contributed by atoms with Gasteiger partial charge in [0.15, 0.2) is 0 Å². The fraction of sp³-hybridized carbons (Fsp3) is 0.333. The molecule has 1 aromatic heterocycles. The lowest BCUT2D eigenvalue weighted by Crippen LogP contribution is -2.45. The second-order valence-corrected chi connectivity index (χ2v) is 6.33. The molecule has 3 N–H and O–H groups in total. The number of hydrogen-bond donors (Lipinski definition) is 3. The molecule has 7 heteroatoms. The number of benzene rings is 1. The Morgan fingerprint density at radius 3 is 2.40 bits per heavy atom. The van der Waals surface area contributed by atoms with Crippen LogP contribution in [0.4, 0.5) is 11.4 Å². The van der Waals surface area contributed by atoms with Crippen molar-refractivity contribution in [3.63, 3.8) is 0 Å². The average Bonchev–Trinajstić information content (AvgIpc) is 3.05. The summed E-state index contributed by atoms with van der Waals surface area (Å²) in [5.41, 5.74) is 0.283. The predicted octanol–water partition coefficient (Wildman–Crippen LogP) is 1.39. The standard InChI is InChI=1S/C18H23N3O4/c1-18(24,11-15-5-4-10-25-15)12-19-16(22)17(23)20-13-6-8-14(9-7-13)21(2)3/h4-10,24H,11-12H2,1-3H3,(H,19,22)(H,20,23). The highest BCUT2D eigenvalue weighted by Crippen LogP contribution is 2.16. The molecule has 0 radical (unpaired) electrons. The van der Waals surface area contributed by atoms with Crippen LogP contribution in [0.25, 0.3) is 0 Å². The Hall–Kier alpha value is -2.80. The van der Waals surface area contributed by atoms with Gasteiger partial charge in [-0.25, -0.2) is 0 Å². The van der Waals surface area contributed by atoms with Crippen molar-refractivity contribution in [2.75, 3.05) is 30.9 Å². The van der Waals surface area contributed by atoms with Gasteiger partial charge in [0.2, 0.25) is 0 Å². The van der Waals surface area contributed by atoms with E-state index in [1.54, 1.807) is 31.2 Å². The van der Waals surface area contributed by atoms with Crippen LogP contribution in [0.2, 0.25) is 0 Å². The summed E-state index contributed by atoms with van der Waals surface area (Å²) in [7, 11) is 3.82. The Balaban J connectivity index is 1.84. The third-order valence-electron chi connectivity index (χ3n) is 3.61. The van der Waals surface area contributed by atoms with Gasteiger partial charge in [-0.05, 0) is 43.3 Å². The molecule has 1 aromatic carbocycles. The second-order valence-electron chi connectivity index (χ2n) is 6.33. The molecule has 2 aromatic rings. The topological polar surface area (TPSA) is 94.8 Å². The highest BCUT2D eigenvalue weighted by atomic mass is 16.3. The van der Waals surface area contributed by atoms with Crippen molar-refractivity contribution < 1.29 is 19.1 Å². The smallest absolute Gasteiger partial charge is 0.313 e. The molecule has 134 valence electrons. The molecule has 2 rings (SSSR count). The molecule has 0 bridgehead atoms. The zero-order chi connectivity index (χ0) is 18.4. The second kappa shape index (κ2) is 7.85. The molecule has 1 heterocycles. The van der Waals surface area contributed by atoms with Gasteiger partial charge in [-0.3, -0.25) is 9.59 Å². The van der Waals surface area contributed by atoms with E-state index in [9.17, 15) is 14.7 Å². The zero-order valence-corrected chi connectivity index (χ0v) is 14.6. The minimum Gasteiger partial charge on any atom is -0.469 e. The molecule has 0 fully saturated rings. The lowest BCUT2D eigenvalue weighted by atomic mass is 10.0. The number of carbonyl (C=O) groups excluding carboxylic acids is 2. The molecule has 0 aliphatic rings. The summed E-state index contributed by atoms with van der Waals surface area (Å²) in [6.45, 7) is 1.49. The Bertz CT molecular complexity index is 706. The van der Waals surface area contributed by atoms with Gasteiger partial charge in [0.25, 0.3) is 0 Å². The van der Waals surface area contributed by atoms with Gasteiger partial charge in [-0.1, -0.05) is 0 Å².